The van der Waals surface area contributed by atoms with Crippen molar-refractivity contribution in [1.29, 1.82) is 0 Å². The van der Waals surface area contributed by atoms with E-state index in [9.17, 15) is 18.0 Å². The zero-order valence-corrected chi connectivity index (χ0v) is 12.4. The van der Waals surface area contributed by atoms with Gasteiger partial charge in [0.2, 0.25) is 5.91 Å². The highest BCUT2D eigenvalue weighted by Gasteiger charge is 2.31. The second-order valence-corrected chi connectivity index (χ2v) is 5.67. The molecule has 1 aliphatic carbocycles. The van der Waals surface area contributed by atoms with E-state index >= 15 is 0 Å². The fraction of sp³-hybridized carbons (Fsp3) is 0.929. The Morgan fingerprint density at radius 2 is 2.14 bits per heavy atom. The summed E-state index contributed by atoms with van der Waals surface area (Å²) in [7, 11) is 0. The number of hydrogen-bond donors (Lipinski definition) is 2. The van der Waals surface area contributed by atoms with Gasteiger partial charge in [-0.25, -0.2) is 0 Å². The normalized spacial score (nSPS) is 24.6. The molecule has 3 atom stereocenters. The first-order chi connectivity index (χ1) is 9.81. The molecule has 0 aliphatic heterocycles. The lowest BCUT2D eigenvalue weighted by Crippen LogP contribution is -2.47. The van der Waals surface area contributed by atoms with Gasteiger partial charge in [-0.15, -0.1) is 0 Å². The number of rotatable bonds is 7. The molecule has 4 nitrogen and oxygen atoms in total. The first kappa shape index (κ1) is 18.2. The maximum Gasteiger partial charge on any atom is 0.411 e. The van der Waals surface area contributed by atoms with Crippen LogP contribution in [0.3, 0.4) is 0 Å². The predicted octanol–water partition coefficient (Wildman–Crippen LogP) is 2.51. The summed E-state index contributed by atoms with van der Waals surface area (Å²) < 4.78 is 41.3. The molecule has 1 rings (SSSR count). The Hall–Kier alpha value is -0.820. The molecule has 0 aromatic rings. The zero-order chi connectivity index (χ0) is 15.9. The lowest BCUT2D eigenvalue weighted by atomic mass is 9.92. The van der Waals surface area contributed by atoms with Gasteiger partial charge in [-0.1, -0.05) is 19.8 Å². The number of carbonyl (C=O) groups excluding carboxylic acids is 1. The maximum absolute atomic E-state index is 12.1. The predicted molar refractivity (Wildman–Crippen MR) is 73.7 cm³/mol. The van der Waals surface area contributed by atoms with Gasteiger partial charge in [0.1, 0.15) is 6.61 Å². The summed E-state index contributed by atoms with van der Waals surface area (Å²) in [5, 5.41) is 2.83. The monoisotopic (exact) mass is 310 g/mol. The number of carbonyl (C=O) groups is 1. The Kier molecular flexibility index (Phi) is 7.45. The quantitative estimate of drug-likeness (QED) is 0.759. The van der Waals surface area contributed by atoms with Gasteiger partial charge in [-0.2, -0.15) is 13.2 Å². The highest BCUT2D eigenvalue weighted by molar-refractivity contribution is 5.81. The Morgan fingerprint density at radius 3 is 2.76 bits per heavy atom. The van der Waals surface area contributed by atoms with Crippen molar-refractivity contribution in [2.75, 3.05) is 6.61 Å². The summed E-state index contributed by atoms with van der Waals surface area (Å²) in [5.74, 6) is -0.218. The molecule has 3 unspecified atom stereocenters. The number of hydrogen-bond acceptors (Lipinski definition) is 3. The molecule has 3 N–H and O–H groups in total. The lowest BCUT2D eigenvalue weighted by molar-refractivity contribution is -0.188. The Bertz CT molecular complexity index is 324. The van der Waals surface area contributed by atoms with Crippen molar-refractivity contribution in [2.24, 2.45) is 5.73 Å². The summed E-state index contributed by atoms with van der Waals surface area (Å²) in [6, 6.07) is -0.682. The van der Waals surface area contributed by atoms with Crippen LogP contribution in [-0.2, 0) is 9.53 Å². The molecule has 0 aromatic carbocycles. The first-order valence-corrected chi connectivity index (χ1v) is 7.56. The van der Waals surface area contributed by atoms with Crippen LogP contribution in [0.1, 0.15) is 51.9 Å². The average Bonchev–Trinajstić information content (AvgIpc) is 2.42. The molecule has 124 valence electrons. The smallest absolute Gasteiger partial charge is 0.369 e. The molecule has 0 radical (unpaired) electrons. The van der Waals surface area contributed by atoms with Crippen molar-refractivity contribution in [3.05, 3.63) is 0 Å². The molecule has 21 heavy (non-hydrogen) atoms. The summed E-state index contributed by atoms with van der Waals surface area (Å²) >= 11 is 0. The highest BCUT2D eigenvalue weighted by atomic mass is 19.4. The van der Waals surface area contributed by atoms with Crippen LogP contribution in [0.5, 0.6) is 0 Å². The highest BCUT2D eigenvalue weighted by Crippen LogP contribution is 2.24. The number of ether oxygens (including phenoxy) is 1. The third kappa shape index (κ3) is 7.66. The van der Waals surface area contributed by atoms with Gasteiger partial charge in [0, 0.05) is 6.04 Å². The van der Waals surface area contributed by atoms with Crippen LogP contribution in [0.4, 0.5) is 13.2 Å². The minimum Gasteiger partial charge on any atom is -0.369 e. The fourth-order valence-electron chi connectivity index (χ4n) is 2.50. The molecule has 1 fully saturated rings. The number of nitrogens with one attached hydrogen (secondary N) is 1. The number of unbranched alkanes of at least 4 members (excludes halogenated alkanes) is 1. The SMILES string of the molecule is CCCCC(N)C(=O)NC1CCCC(OCC(F)(F)F)C1. The van der Waals surface area contributed by atoms with Gasteiger partial charge in [-0.3, -0.25) is 4.79 Å². The van der Waals surface area contributed by atoms with Gasteiger partial charge in [0.15, 0.2) is 0 Å². The van der Waals surface area contributed by atoms with E-state index in [0.717, 1.165) is 25.7 Å². The average molecular weight is 310 g/mol. The molecule has 1 aliphatic rings. The van der Waals surface area contributed by atoms with Gasteiger partial charge in [0.05, 0.1) is 12.1 Å². The number of halogens is 3. The van der Waals surface area contributed by atoms with E-state index in [1.807, 2.05) is 6.92 Å². The molecule has 7 heteroatoms. The second kappa shape index (κ2) is 8.58. The Balaban J connectivity index is 2.33. The molecule has 0 saturated heterocycles. The van der Waals surface area contributed by atoms with Crippen LogP contribution in [0.25, 0.3) is 0 Å². The van der Waals surface area contributed by atoms with Crippen molar-refractivity contribution in [3.8, 4) is 0 Å². The molecule has 0 bridgehead atoms. The number of alkyl halides is 3. The zero-order valence-electron chi connectivity index (χ0n) is 12.4. The molecule has 0 spiro atoms. The van der Waals surface area contributed by atoms with Crippen molar-refractivity contribution < 1.29 is 22.7 Å². The summed E-state index contributed by atoms with van der Waals surface area (Å²) in [5.41, 5.74) is 5.78. The van der Waals surface area contributed by atoms with Crippen LogP contribution in [-0.4, -0.2) is 36.9 Å². The van der Waals surface area contributed by atoms with Crippen molar-refractivity contribution >= 4 is 5.91 Å². The minimum absolute atomic E-state index is 0.142. The van der Waals surface area contributed by atoms with E-state index in [1.54, 1.807) is 0 Å². The van der Waals surface area contributed by atoms with Gasteiger partial charge in [-0.05, 0) is 32.1 Å². The van der Waals surface area contributed by atoms with Crippen LogP contribution >= 0.6 is 0 Å². The Labute approximate surface area is 123 Å². The standard InChI is InChI=1S/C14H25F3N2O2/c1-2-3-7-12(18)13(20)19-10-5-4-6-11(8-10)21-9-14(15,16)17/h10-12H,2-9,18H2,1H3,(H,19,20). The summed E-state index contributed by atoms with van der Waals surface area (Å²) in [6.45, 7) is 0.794. The Morgan fingerprint density at radius 1 is 1.43 bits per heavy atom. The van der Waals surface area contributed by atoms with E-state index < -0.39 is 24.9 Å². The van der Waals surface area contributed by atoms with Crippen LogP contribution < -0.4 is 11.1 Å². The van der Waals surface area contributed by atoms with Crippen molar-refractivity contribution in [3.63, 3.8) is 0 Å². The van der Waals surface area contributed by atoms with E-state index in [4.69, 9.17) is 10.5 Å². The third-order valence-corrected chi connectivity index (χ3v) is 3.66. The van der Waals surface area contributed by atoms with Gasteiger partial charge >= 0.3 is 6.18 Å². The van der Waals surface area contributed by atoms with Gasteiger partial charge in [0.25, 0.3) is 0 Å². The maximum atomic E-state index is 12.1. The largest absolute Gasteiger partial charge is 0.411 e. The lowest BCUT2D eigenvalue weighted by Gasteiger charge is -2.30. The molecule has 0 heterocycles. The molecule has 0 aromatic heterocycles. The second-order valence-electron chi connectivity index (χ2n) is 5.67. The fourth-order valence-corrected chi connectivity index (χ4v) is 2.50. The van der Waals surface area contributed by atoms with Crippen molar-refractivity contribution in [2.45, 2.75) is 76.2 Å². The van der Waals surface area contributed by atoms with E-state index in [2.05, 4.69) is 5.32 Å². The van der Waals surface area contributed by atoms with E-state index in [-0.39, 0.29) is 11.9 Å². The van der Waals surface area contributed by atoms with E-state index in [1.165, 1.54) is 0 Å². The molecule has 1 saturated carbocycles. The molecular formula is C14H25F3N2O2. The molecule has 1 amide bonds. The van der Waals surface area contributed by atoms with E-state index in [0.29, 0.717) is 19.3 Å². The van der Waals surface area contributed by atoms with Crippen LogP contribution in [0.2, 0.25) is 0 Å². The summed E-state index contributed by atoms with van der Waals surface area (Å²) in [4.78, 5) is 11.9. The number of amides is 1. The third-order valence-electron chi connectivity index (χ3n) is 3.66. The topological polar surface area (TPSA) is 64.4 Å². The van der Waals surface area contributed by atoms with Crippen molar-refractivity contribution in [1.82, 2.24) is 5.32 Å². The summed E-state index contributed by atoms with van der Waals surface area (Å²) in [6.07, 6.45) is 0.260. The minimum atomic E-state index is -4.31. The first-order valence-electron chi connectivity index (χ1n) is 7.56. The van der Waals surface area contributed by atoms with Gasteiger partial charge < -0.3 is 15.8 Å². The van der Waals surface area contributed by atoms with Crippen LogP contribution in [0, 0.1) is 0 Å². The molecular weight excluding hydrogens is 285 g/mol. The van der Waals surface area contributed by atoms with Crippen LogP contribution in [0.15, 0.2) is 0 Å². The number of nitrogens with two attached hydrogens (primary N) is 1.